The van der Waals surface area contributed by atoms with E-state index in [1.54, 1.807) is 11.9 Å². The van der Waals surface area contributed by atoms with E-state index in [0.717, 1.165) is 56.9 Å². The van der Waals surface area contributed by atoms with Crippen LogP contribution in [0.15, 0.2) is 24.3 Å². The van der Waals surface area contributed by atoms with Crippen LogP contribution < -0.4 is 16.0 Å². The summed E-state index contributed by atoms with van der Waals surface area (Å²) in [7, 11) is 1.69. The Morgan fingerprint density at radius 3 is 2.39 bits per heavy atom. The van der Waals surface area contributed by atoms with Crippen molar-refractivity contribution >= 4 is 29.8 Å². The number of ether oxygens (including phenoxy) is 2. The molecule has 1 heterocycles. The summed E-state index contributed by atoms with van der Waals surface area (Å²) in [5.41, 5.74) is 1.69. The molecule has 1 aliphatic heterocycles. The van der Waals surface area contributed by atoms with Gasteiger partial charge in [0.2, 0.25) is 17.7 Å². The van der Waals surface area contributed by atoms with Crippen LogP contribution >= 0.6 is 0 Å². The Morgan fingerprint density at radius 1 is 0.980 bits per heavy atom. The first-order chi connectivity index (χ1) is 24.2. The van der Waals surface area contributed by atoms with E-state index in [9.17, 15) is 24.0 Å². The van der Waals surface area contributed by atoms with Gasteiger partial charge in [-0.25, -0.2) is 4.79 Å². The van der Waals surface area contributed by atoms with Crippen molar-refractivity contribution in [2.75, 3.05) is 33.4 Å². The Morgan fingerprint density at radius 2 is 1.69 bits per heavy atom. The van der Waals surface area contributed by atoms with Crippen LogP contribution in [0, 0.1) is 5.92 Å². The molecule has 0 aromatic heterocycles. The van der Waals surface area contributed by atoms with Gasteiger partial charge in [-0.15, -0.1) is 0 Å². The van der Waals surface area contributed by atoms with Gasteiger partial charge in [0, 0.05) is 38.6 Å². The van der Waals surface area contributed by atoms with Crippen LogP contribution in [0.3, 0.4) is 0 Å². The number of fused-ring (bicyclic) bond motifs is 1. The van der Waals surface area contributed by atoms with Gasteiger partial charge in [0.15, 0.2) is 0 Å². The highest BCUT2D eigenvalue weighted by atomic mass is 16.6. The number of amides is 4. The summed E-state index contributed by atoms with van der Waals surface area (Å²) < 4.78 is 10.9. The number of aryl methyl sites for hydroxylation is 1. The molecule has 51 heavy (non-hydrogen) atoms. The largest absolute Gasteiger partial charge is 0.481 e. The number of nitrogens with one attached hydrogen (secondary N) is 3. The van der Waals surface area contributed by atoms with Gasteiger partial charge in [0.1, 0.15) is 11.6 Å². The summed E-state index contributed by atoms with van der Waals surface area (Å²) in [5, 5.41) is 18.6. The number of carbonyl (C=O) groups excluding carboxylic acids is 4. The van der Waals surface area contributed by atoms with Crippen molar-refractivity contribution < 1.29 is 38.6 Å². The number of hydrogen-bond donors (Lipinski definition) is 4. The standard InChI is InChI=1S/C38H59N5O8/c1-25(42(5)37(49)51-38(2,3)4)23-39-34(27-13-7-6-8-14-27)36(48)43-24-28(40-32(44)18-20-50-21-19-33(45)46)22-31(43)35(47)41-30-17-11-15-26-12-9-10-16-29(26)30/h9-10,12,16,25,27-28,30-31,34,39H,6-8,11,13-15,17-24H2,1-5H3,(H,40,44)(H,41,47)(H,45,46)/t25-,28-,30+,31-,34-/m0/s1. The topological polar surface area (TPSA) is 167 Å². The minimum Gasteiger partial charge on any atom is -0.481 e. The molecule has 5 atom stereocenters. The molecule has 0 radical (unpaired) electrons. The number of carboxylic acid groups (broad SMARTS) is 1. The lowest BCUT2D eigenvalue weighted by Crippen LogP contribution is -2.57. The molecule has 2 aliphatic carbocycles. The fraction of sp³-hybridized carbons (Fsp3) is 0.711. The van der Waals surface area contributed by atoms with Gasteiger partial charge in [-0.2, -0.15) is 0 Å². The van der Waals surface area contributed by atoms with Crippen molar-refractivity contribution in [3.63, 3.8) is 0 Å². The summed E-state index contributed by atoms with van der Waals surface area (Å²) in [6, 6.07) is 5.91. The average Bonchev–Trinajstić information content (AvgIpc) is 3.51. The number of hydrogen-bond acceptors (Lipinski definition) is 8. The van der Waals surface area contributed by atoms with Crippen molar-refractivity contribution in [3.05, 3.63) is 35.4 Å². The Kier molecular flexibility index (Phi) is 14.7. The minimum atomic E-state index is -0.971. The number of likely N-dealkylation sites (N-methyl/N-ethyl adjacent to an activating group) is 1. The van der Waals surface area contributed by atoms with Gasteiger partial charge in [-0.1, -0.05) is 43.5 Å². The van der Waals surface area contributed by atoms with E-state index in [4.69, 9.17) is 14.6 Å². The molecular formula is C38H59N5O8. The second-order valence-corrected chi connectivity index (χ2v) is 15.4. The van der Waals surface area contributed by atoms with Gasteiger partial charge >= 0.3 is 12.1 Å². The van der Waals surface area contributed by atoms with Gasteiger partial charge in [0.05, 0.1) is 31.7 Å². The van der Waals surface area contributed by atoms with E-state index in [0.29, 0.717) is 6.54 Å². The Balaban J connectivity index is 1.50. The average molecular weight is 714 g/mol. The molecule has 4 N–H and O–H groups in total. The lowest BCUT2D eigenvalue weighted by molar-refractivity contribution is -0.141. The lowest BCUT2D eigenvalue weighted by Gasteiger charge is -2.36. The van der Waals surface area contributed by atoms with Gasteiger partial charge < -0.3 is 40.3 Å². The normalized spacial score (nSPS) is 22.0. The van der Waals surface area contributed by atoms with E-state index in [1.807, 2.05) is 39.8 Å². The SMILES string of the molecule is C[C@@H](CN[C@H](C(=O)N1C[C@@H](NC(=O)CCOCCC(=O)O)C[C@H]1C(=O)N[C@@H]1CCCc2ccccc21)C1CCCCC1)N(C)C(=O)OC(C)(C)C. The van der Waals surface area contributed by atoms with Crippen LogP contribution in [0.2, 0.25) is 0 Å². The van der Waals surface area contributed by atoms with Crippen molar-refractivity contribution in [2.45, 2.75) is 134 Å². The highest BCUT2D eigenvalue weighted by molar-refractivity contribution is 5.91. The number of aliphatic carboxylic acids is 1. The first-order valence-corrected chi connectivity index (χ1v) is 18.7. The first kappa shape index (κ1) is 40.1. The maximum atomic E-state index is 14.7. The van der Waals surface area contributed by atoms with Crippen molar-refractivity contribution in [2.24, 2.45) is 5.92 Å². The molecule has 0 spiro atoms. The minimum absolute atomic E-state index is 0.0165. The van der Waals surface area contributed by atoms with Crippen molar-refractivity contribution in [1.82, 2.24) is 25.8 Å². The zero-order valence-electron chi connectivity index (χ0n) is 31.1. The monoisotopic (exact) mass is 713 g/mol. The first-order valence-electron chi connectivity index (χ1n) is 18.7. The fourth-order valence-electron chi connectivity index (χ4n) is 7.38. The molecule has 1 aromatic carbocycles. The summed E-state index contributed by atoms with van der Waals surface area (Å²) in [6.45, 7) is 8.00. The zero-order chi connectivity index (χ0) is 37.1. The van der Waals surface area contributed by atoms with Crippen molar-refractivity contribution in [1.29, 1.82) is 0 Å². The molecule has 1 saturated carbocycles. The third-order valence-corrected chi connectivity index (χ3v) is 10.2. The Hall–Kier alpha value is -3.71. The maximum absolute atomic E-state index is 14.7. The number of likely N-dealkylation sites (tertiary alicyclic amines) is 1. The Bertz CT molecular complexity index is 1360. The second-order valence-electron chi connectivity index (χ2n) is 15.4. The maximum Gasteiger partial charge on any atom is 0.410 e. The van der Waals surface area contributed by atoms with E-state index < -0.39 is 35.8 Å². The van der Waals surface area contributed by atoms with Gasteiger partial charge in [-0.3, -0.25) is 19.2 Å². The third-order valence-electron chi connectivity index (χ3n) is 10.2. The van der Waals surface area contributed by atoms with Crippen LogP contribution in [0.5, 0.6) is 0 Å². The number of rotatable bonds is 15. The van der Waals surface area contributed by atoms with Crippen LogP contribution in [-0.2, 0) is 35.1 Å². The number of carbonyl (C=O) groups is 5. The predicted octanol–water partition coefficient (Wildman–Crippen LogP) is 3.94. The smallest absolute Gasteiger partial charge is 0.410 e. The van der Waals surface area contributed by atoms with Gasteiger partial charge in [-0.05, 0) is 83.3 Å². The molecule has 4 rings (SSSR count). The number of carboxylic acids is 1. The quantitative estimate of drug-likeness (QED) is 0.197. The van der Waals surface area contributed by atoms with E-state index in [-0.39, 0.29) is 74.7 Å². The molecule has 1 saturated heterocycles. The summed E-state index contributed by atoms with van der Waals surface area (Å²) in [5.74, 6) is -1.60. The summed E-state index contributed by atoms with van der Waals surface area (Å²) in [6.07, 6.45) is 7.34. The molecule has 2 fully saturated rings. The molecule has 13 heteroatoms. The van der Waals surface area contributed by atoms with Crippen LogP contribution in [-0.4, -0.2) is 108 Å². The molecule has 13 nitrogen and oxygen atoms in total. The third kappa shape index (κ3) is 11.9. The molecule has 0 unspecified atom stereocenters. The highest BCUT2D eigenvalue weighted by Gasteiger charge is 2.44. The van der Waals surface area contributed by atoms with Crippen LogP contribution in [0.25, 0.3) is 0 Å². The van der Waals surface area contributed by atoms with E-state index in [1.165, 1.54) is 10.5 Å². The molecule has 284 valence electrons. The number of benzene rings is 1. The van der Waals surface area contributed by atoms with Crippen LogP contribution in [0.4, 0.5) is 4.79 Å². The molecule has 0 bridgehead atoms. The second kappa shape index (κ2) is 18.7. The van der Waals surface area contributed by atoms with E-state index >= 15 is 0 Å². The van der Waals surface area contributed by atoms with Crippen molar-refractivity contribution in [3.8, 4) is 0 Å². The van der Waals surface area contributed by atoms with Crippen LogP contribution in [0.1, 0.15) is 109 Å². The summed E-state index contributed by atoms with van der Waals surface area (Å²) >= 11 is 0. The zero-order valence-corrected chi connectivity index (χ0v) is 31.1. The molecule has 3 aliphatic rings. The Labute approximate surface area is 302 Å². The predicted molar refractivity (Wildman–Crippen MR) is 192 cm³/mol. The molecule has 4 amide bonds. The molecular weight excluding hydrogens is 654 g/mol. The molecule has 1 aromatic rings. The fourth-order valence-corrected chi connectivity index (χ4v) is 7.38. The van der Waals surface area contributed by atoms with E-state index in [2.05, 4.69) is 28.1 Å². The summed E-state index contributed by atoms with van der Waals surface area (Å²) in [4.78, 5) is 68.5. The lowest BCUT2D eigenvalue weighted by atomic mass is 9.83. The van der Waals surface area contributed by atoms with Gasteiger partial charge in [0.25, 0.3) is 0 Å². The highest BCUT2D eigenvalue weighted by Crippen LogP contribution is 2.32. The number of nitrogens with zero attached hydrogens (tertiary/aromatic N) is 2.